The van der Waals surface area contributed by atoms with Gasteiger partial charge in [0.05, 0.1) is 11.6 Å². The van der Waals surface area contributed by atoms with Crippen molar-refractivity contribution >= 4 is 35.3 Å². The largest absolute Gasteiger partial charge is 0.444 e. The van der Waals surface area contributed by atoms with Crippen molar-refractivity contribution < 1.29 is 19.1 Å². The number of fused-ring (bicyclic) bond motifs is 1. The molecule has 0 bridgehead atoms. The smallest absolute Gasteiger partial charge is 0.410 e. The van der Waals surface area contributed by atoms with Gasteiger partial charge in [-0.3, -0.25) is 9.59 Å². The maximum Gasteiger partial charge on any atom is 0.410 e. The van der Waals surface area contributed by atoms with E-state index in [1.165, 1.54) is 6.33 Å². The maximum atomic E-state index is 14.1. The van der Waals surface area contributed by atoms with Crippen molar-refractivity contribution in [2.45, 2.75) is 90.2 Å². The molecular formula is C30H40ClN5O4. The van der Waals surface area contributed by atoms with Gasteiger partial charge in [0.25, 0.3) is 0 Å². The molecule has 1 fully saturated rings. The number of piperidine rings is 1. The van der Waals surface area contributed by atoms with Gasteiger partial charge in [0, 0.05) is 48.6 Å². The van der Waals surface area contributed by atoms with E-state index >= 15 is 0 Å². The summed E-state index contributed by atoms with van der Waals surface area (Å²) in [5.41, 5.74) is 2.14. The fourth-order valence-electron chi connectivity index (χ4n) is 5.51. The zero-order valence-electron chi connectivity index (χ0n) is 24.2. The molecule has 9 nitrogen and oxygen atoms in total. The summed E-state index contributed by atoms with van der Waals surface area (Å²) in [7, 11) is 0. The van der Waals surface area contributed by atoms with E-state index in [1.54, 1.807) is 17.0 Å². The first-order chi connectivity index (χ1) is 18.8. The molecule has 4 rings (SSSR count). The van der Waals surface area contributed by atoms with Crippen molar-refractivity contribution in [3.05, 3.63) is 52.4 Å². The number of amides is 3. The lowest BCUT2D eigenvalue weighted by Crippen LogP contribution is -2.47. The van der Waals surface area contributed by atoms with E-state index in [9.17, 15) is 14.4 Å². The number of halogens is 1. The van der Waals surface area contributed by atoms with Crippen molar-refractivity contribution in [3.63, 3.8) is 0 Å². The van der Waals surface area contributed by atoms with Crippen molar-refractivity contribution in [1.82, 2.24) is 19.8 Å². The summed E-state index contributed by atoms with van der Waals surface area (Å²) in [6, 6.07) is 7.10. The van der Waals surface area contributed by atoms with E-state index in [0.29, 0.717) is 30.4 Å². The number of aromatic nitrogens is 2. The van der Waals surface area contributed by atoms with E-state index < -0.39 is 17.6 Å². The molecule has 3 heterocycles. The molecule has 0 saturated carbocycles. The molecule has 1 saturated heterocycles. The fraction of sp³-hybridized carbons (Fsp3) is 0.567. The van der Waals surface area contributed by atoms with Gasteiger partial charge in [-0.1, -0.05) is 30.7 Å². The molecule has 1 aromatic carbocycles. The normalized spacial score (nSPS) is 18.6. The molecule has 1 N–H and O–H groups in total. The van der Waals surface area contributed by atoms with Crippen LogP contribution in [0, 0.1) is 0 Å². The minimum absolute atomic E-state index is 0.0275. The highest BCUT2D eigenvalue weighted by atomic mass is 35.5. The standard InChI is InChI=1S/C30H40ClN5O4/c1-18(2)36(29(39)40-30(4,5)6)16-23(20-7-9-22(31)10-8-20)28(38)35-13-11-21(12-14-35)26-25-19(3)15-24(37)34-27(25)33-17-32-26/h7-10,17-19,21,23H,11-16H2,1-6H3,(H,32,33,34,37)/t19-,23-/m1/s1. The van der Waals surface area contributed by atoms with Crippen molar-refractivity contribution in [3.8, 4) is 0 Å². The summed E-state index contributed by atoms with van der Waals surface area (Å²) < 4.78 is 5.67. The Hall–Kier alpha value is -3.20. The van der Waals surface area contributed by atoms with Crippen LogP contribution in [0.25, 0.3) is 0 Å². The van der Waals surface area contributed by atoms with Gasteiger partial charge >= 0.3 is 6.09 Å². The molecule has 3 amide bonds. The Morgan fingerprint density at radius 2 is 1.80 bits per heavy atom. The summed E-state index contributed by atoms with van der Waals surface area (Å²) in [4.78, 5) is 51.6. The minimum atomic E-state index is -0.646. The molecule has 2 atom stereocenters. The quantitative estimate of drug-likeness (QED) is 0.478. The summed E-state index contributed by atoms with van der Waals surface area (Å²) in [6.45, 7) is 12.7. The van der Waals surface area contributed by atoms with E-state index in [1.807, 2.05) is 58.6 Å². The Morgan fingerprint density at radius 3 is 2.40 bits per heavy atom. The second-order valence-electron chi connectivity index (χ2n) is 12.1. The van der Waals surface area contributed by atoms with Crippen LogP contribution in [0.1, 0.15) is 95.4 Å². The van der Waals surface area contributed by atoms with Crippen LogP contribution in [0.15, 0.2) is 30.6 Å². The lowest BCUT2D eigenvalue weighted by Gasteiger charge is -2.37. The van der Waals surface area contributed by atoms with Crippen LogP contribution < -0.4 is 5.32 Å². The van der Waals surface area contributed by atoms with Gasteiger partial charge in [-0.2, -0.15) is 0 Å². The predicted molar refractivity (Wildman–Crippen MR) is 155 cm³/mol. The van der Waals surface area contributed by atoms with Gasteiger partial charge < -0.3 is 19.9 Å². The highest BCUT2D eigenvalue weighted by Crippen LogP contribution is 2.39. The van der Waals surface area contributed by atoms with Crippen LogP contribution in [-0.2, 0) is 14.3 Å². The van der Waals surface area contributed by atoms with E-state index in [-0.39, 0.29) is 36.2 Å². The number of ether oxygens (including phenoxy) is 1. The van der Waals surface area contributed by atoms with Crippen LogP contribution in [-0.4, -0.2) is 69.0 Å². The van der Waals surface area contributed by atoms with Crippen LogP contribution in [0.5, 0.6) is 0 Å². The van der Waals surface area contributed by atoms with Crippen molar-refractivity contribution in [2.75, 3.05) is 25.0 Å². The third-order valence-corrected chi connectivity index (χ3v) is 7.80. The molecule has 0 aliphatic carbocycles. The second-order valence-corrected chi connectivity index (χ2v) is 12.5. The summed E-state index contributed by atoms with van der Waals surface area (Å²) in [5.74, 6) is 0.196. The highest BCUT2D eigenvalue weighted by Gasteiger charge is 2.36. The number of likely N-dealkylation sites (tertiary alicyclic amines) is 1. The third-order valence-electron chi connectivity index (χ3n) is 7.55. The number of carbonyl (C=O) groups excluding carboxylic acids is 3. The summed E-state index contributed by atoms with van der Waals surface area (Å²) in [6.07, 6.45) is 2.99. The Morgan fingerprint density at radius 1 is 1.15 bits per heavy atom. The predicted octanol–water partition coefficient (Wildman–Crippen LogP) is 5.71. The lowest BCUT2D eigenvalue weighted by atomic mass is 9.84. The van der Waals surface area contributed by atoms with E-state index in [0.717, 1.165) is 29.7 Å². The monoisotopic (exact) mass is 569 g/mol. The topological polar surface area (TPSA) is 105 Å². The van der Waals surface area contributed by atoms with Gasteiger partial charge in [0.2, 0.25) is 11.8 Å². The molecular weight excluding hydrogens is 530 g/mol. The number of rotatable bonds is 6. The number of benzene rings is 1. The van der Waals surface area contributed by atoms with Crippen LogP contribution in [0.2, 0.25) is 5.02 Å². The first-order valence-corrected chi connectivity index (χ1v) is 14.4. The van der Waals surface area contributed by atoms with Gasteiger partial charge in [-0.25, -0.2) is 14.8 Å². The molecule has 40 heavy (non-hydrogen) atoms. The second kappa shape index (κ2) is 12.1. The number of anilines is 1. The Balaban J connectivity index is 1.53. The van der Waals surface area contributed by atoms with Gasteiger partial charge in [0.1, 0.15) is 17.7 Å². The summed E-state index contributed by atoms with van der Waals surface area (Å²) >= 11 is 6.15. The first kappa shape index (κ1) is 29.8. The number of nitrogens with zero attached hydrogens (tertiary/aromatic N) is 4. The Bertz CT molecular complexity index is 1240. The minimum Gasteiger partial charge on any atom is -0.444 e. The van der Waals surface area contributed by atoms with Gasteiger partial charge in [-0.05, 0) is 71.1 Å². The third kappa shape index (κ3) is 6.92. The van der Waals surface area contributed by atoms with Gasteiger partial charge in [-0.15, -0.1) is 0 Å². The molecule has 2 aromatic rings. The molecule has 0 unspecified atom stereocenters. The molecule has 1 aromatic heterocycles. The molecule has 0 radical (unpaired) electrons. The number of hydrogen-bond donors (Lipinski definition) is 1. The van der Waals surface area contributed by atoms with Crippen LogP contribution in [0.4, 0.5) is 10.6 Å². The Labute approximate surface area is 241 Å². The SMILES string of the molecule is CC(C)N(C[C@@H](C(=O)N1CCC(c2ncnc3c2[C@H](C)CC(=O)N3)CC1)c1ccc(Cl)cc1)C(=O)OC(C)(C)C. The van der Waals surface area contributed by atoms with E-state index in [2.05, 4.69) is 15.3 Å². The maximum absolute atomic E-state index is 14.1. The Kier molecular flexibility index (Phi) is 9.02. The highest BCUT2D eigenvalue weighted by molar-refractivity contribution is 6.30. The molecule has 216 valence electrons. The molecule has 0 spiro atoms. The van der Waals surface area contributed by atoms with Crippen LogP contribution >= 0.6 is 11.6 Å². The lowest BCUT2D eigenvalue weighted by molar-refractivity contribution is -0.134. The van der Waals surface area contributed by atoms with Crippen LogP contribution in [0.3, 0.4) is 0 Å². The molecule has 2 aliphatic heterocycles. The zero-order chi connectivity index (χ0) is 29.2. The average Bonchev–Trinajstić information content (AvgIpc) is 2.88. The van der Waals surface area contributed by atoms with Crippen molar-refractivity contribution in [1.29, 1.82) is 0 Å². The number of hydrogen-bond acceptors (Lipinski definition) is 6. The fourth-order valence-corrected chi connectivity index (χ4v) is 5.64. The average molecular weight is 570 g/mol. The molecule has 10 heteroatoms. The zero-order valence-corrected chi connectivity index (χ0v) is 25.0. The van der Waals surface area contributed by atoms with E-state index in [4.69, 9.17) is 16.3 Å². The van der Waals surface area contributed by atoms with Gasteiger partial charge in [0.15, 0.2) is 0 Å². The summed E-state index contributed by atoms with van der Waals surface area (Å²) in [5, 5.41) is 3.46. The van der Waals surface area contributed by atoms with Crippen molar-refractivity contribution in [2.24, 2.45) is 0 Å². The number of carbonyl (C=O) groups is 3. The number of nitrogens with one attached hydrogen (secondary N) is 1. The molecule has 2 aliphatic rings. The first-order valence-electron chi connectivity index (χ1n) is 14.0.